The average molecular weight is 794 g/mol. The molecule has 1 aromatic heterocycles. The Kier molecular flexibility index (Phi) is 12.0. The van der Waals surface area contributed by atoms with E-state index < -0.39 is 62.0 Å². The Morgan fingerprint density at radius 1 is 1.09 bits per heavy atom. The zero-order valence-electron chi connectivity index (χ0n) is 33.9. The Labute approximate surface area is 331 Å². The number of esters is 1. The number of nitrogens with zero attached hydrogens (tertiary/aromatic N) is 2. The number of amides is 2. The fourth-order valence-electron chi connectivity index (χ4n) is 8.84. The second-order valence-corrected chi connectivity index (χ2v) is 20.1. The molecule has 0 spiro atoms. The van der Waals surface area contributed by atoms with Crippen molar-refractivity contribution in [3.05, 3.63) is 43.1 Å². The normalized spacial score (nSPS) is 28.4. The number of rotatable bonds is 15. The quantitative estimate of drug-likeness (QED) is 0.158. The fourth-order valence-corrected chi connectivity index (χ4v) is 10.2. The summed E-state index contributed by atoms with van der Waals surface area (Å²) in [7, 11) is -2.27. The number of benzene rings is 1. The number of pyridine rings is 1. The van der Waals surface area contributed by atoms with Gasteiger partial charge in [-0.25, -0.2) is 13.4 Å². The van der Waals surface area contributed by atoms with Crippen molar-refractivity contribution in [2.24, 2.45) is 40.4 Å². The molecule has 6 rings (SSSR count). The number of fused-ring (bicyclic) bond motifs is 1. The summed E-state index contributed by atoms with van der Waals surface area (Å²) in [5.74, 6) is -1.11. The number of nitrogens with one attached hydrogen (secondary N) is 1. The van der Waals surface area contributed by atoms with Crippen molar-refractivity contribution in [1.29, 1.82) is 0 Å². The second-order valence-electron chi connectivity index (χ2n) is 18.2. The van der Waals surface area contributed by atoms with Gasteiger partial charge in [0.15, 0.2) is 5.78 Å². The number of Topliss-reactive ketones (excluding diaryl/α,β-unsaturated/α-hetero) is 1. The van der Waals surface area contributed by atoms with E-state index >= 15 is 0 Å². The van der Waals surface area contributed by atoms with Crippen LogP contribution >= 0.6 is 0 Å². The average Bonchev–Trinajstić information content (AvgIpc) is 4.06. The zero-order valence-corrected chi connectivity index (χ0v) is 34.7. The number of hydrogen-bond acceptors (Lipinski definition) is 10. The van der Waals surface area contributed by atoms with Gasteiger partial charge in [-0.15, -0.1) is 6.58 Å². The zero-order chi connectivity index (χ0) is 40.7. The van der Waals surface area contributed by atoms with Crippen molar-refractivity contribution in [2.75, 3.05) is 13.7 Å². The highest BCUT2D eigenvalue weighted by Gasteiger charge is 2.61. The summed E-state index contributed by atoms with van der Waals surface area (Å²) in [6, 6.07) is 6.35. The first kappa shape index (κ1) is 41.6. The summed E-state index contributed by atoms with van der Waals surface area (Å²) in [6.07, 6.45) is 6.11. The van der Waals surface area contributed by atoms with Crippen LogP contribution in [0, 0.1) is 40.4 Å². The van der Waals surface area contributed by atoms with Gasteiger partial charge >= 0.3 is 5.97 Å². The molecule has 4 fully saturated rings. The molecule has 56 heavy (non-hydrogen) atoms. The minimum atomic E-state index is -3.86. The monoisotopic (exact) mass is 793 g/mol. The highest BCUT2D eigenvalue weighted by Crippen LogP contribution is 2.57. The summed E-state index contributed by atoms with van der Waals surface area (Å²) in [6.45, 7) is 16.0. The largest absolute Gasteiger partial charge is 0.497 e. The Bertz CT molecular complexity index is 1950. The van der Waals surface area contributed by atoms with Gasteiger partial charge in [-0.05, 0) is 90.8 Å². The standard InChI is InChI=1S/C43H59N3O9S/c1-9-28-22-43(28,41(50)45-56(51,52)31-12-13-31)23-36(47)35-20-30(54-39-33-15-11-29(53-8)19-27(33)16-17-44-39)24-46(35)40(49)34(42(5,6)7)21-38(48)55-37-18-26(4)10-14-32(37)25(2)3/h9,11,15-17,19,25-26,28,30-32,34-35,37H,1,10,12-14,18,20-24H2,2-8H3,(H,45,50)/t26-,28-,30?,32+,34-,35+,37-,43-/m1/s1. The molecule has 12 nitrogen and oxygen atoms in total. The van der Waals surface area contributed by atoms with Crippen molar-refractivity contribution in [3.63, 3.8) is 0 Å². The molecular weight excluding hydrogens is 735 g/mol. The Morgan fingerprint density at radius 2 is 1.82 bits per heavy atom. The van der Waals surface area contributed by atoms with Crippen molar-refractivity contribution in [3.8, 4) is 11.6 Å². The van der Waals surface area contributed by atoms with Gasteiger partial charge in [0, 0.05) is 24.4 Å². The topological polar surface area (TPSA) is 158 Å². The van der Waals surface area contributed by atoms with Gasteiger partial charge in [0.1, 0.15) is 18.0 Å². The lowest BCUT2D eigenvalue weighted by molar-refractivity contribution is -0.161. The summed E-state index contributed by atoms with van der Waals surface area (Å²) in [4.78, 5) is 62.8. The molecule has 1 saturated heterocycles. The van der Waals surface area contributed by atoms with Crippen LogP contribution in [0.2, 0.25) is 0 Å². The maximum absolute atomic E-state index is 14.9. The summed E-state index contributed by atoms with van der Waals surface area (Å²) < 4.78 is 45.9. The maximum Gasteiger partial charge on any atom is 0.306 e. The predicted octanol–water partition coefficient (Wildman–Crippen LogP) is 6.41. The molecule has 4 aliphatic rings. The lowest BCUT2D eigenvalue weighted by Gasteiger charge is -2.38. The van der Waals surface area contributed by atoms with Gasteiger partial charge < -0.3 is 19.1 Å². The van der Waals surface area contributed by atoms with Crippen molar-refractivity contribution in [2.45, 2.75) is 123 Å². The molecule has 2 aromatic rings. The van der Waals surface area contributed by atoms with Crippen molar-refractivity contribution < 1.29 is 41.8 Å². The van der Waals surface area contributed by atoms with E-state index in [2.05, 4.69) is 37.1 Å². The minimum absolute atomic E-state index is 0.0425. The highest BCUT2D eigenvalue weighted by molar-refractivity contribution is 7.90. The Balaban J connectivity index is 1.27. The number of aromatic nitrogens is 1. The van der Waals surface area contributed by atoms with Crippen molar-refractivity contribution >= 4 is 44.4 Å². The van der Waals surface area contributed by atoms with Gasteiger partial charge in [-0.3, -0.25) is 23.9 Å². The molecule has 13 heteroatoms. The third kappa shape index (κ3) is 8.92. The van der Waals surface area contributed by atoms with E-state index in [1.54, 1.807) is 25.4 Å². The van der Waals surface area contributed by atoms with Crippen LogP contribution in [0.4, 0.5) is 0 Å². The SMILES string of the molecule is C=C[C@@H]1C[C@]1(CC(=O)[C@@H]1CC(Oc2nccc3cc(OC)ccc23)CN1C(=O)[C@@H](CC(=O)O[C@@H]1C[C@H](C)CC[C@H]1C(C)C)C(C)(C)C)C(=O)NS(=O)(=O)C1CC1. The molecule has 2 heterocycles. The second kappa shape index (κ2) is 16.1. The first-order chi connectivity index (χ1) is 26.4. The van der Waals surface area contributed by atoms with Gasteiger partial charge in [0.05, 0.1) is 42.7 Å². The molecular formula is C43H59N3O9S. The number of sulfonamides is 1. The van der Waals surface area contributed by atoms with Crippen LogP contribution in [0.5, 0.6) is 11.6 Å². The van der Waals surface area contributed by atoms with Gasteiger partial charge in [0.2, 0.25) is 27.7 Å². The Hall–Kier alpha value is -4.00. The van der Waals surface area contributed by atoms with E-state index in [1.165, 1.54) is 4.90 Å². The fraction of sp³-hybridized carbons (Fsp3) is 0.651. The smallest absolute Gasteiger partial charge is 0.306 e. The van der Waals surface area contributed by atoms with E-state index in [1.807, 2.05) is 39.0 Å². The molecule has 1 unspecified atom stereocenters. The molecule has 306 valence electrons. The first-order valence-corrected chi connectivity index (χ1v) is 21.7. The highest BCUT2D eigenvalue weighted by atomic mass is 32.2. The number of allylic oxidation sites excluding steroid dienone is 1. The van der Waals surface area contributed by atoms with Gasteiger partial charge in [-0.1, -0.05) is 54.0 Å². The number of carbonyl (C=O) groups excluding carboxylic acids is 4. The molecule has 0 bridgehead atoms. The van der Waals surface area contributed by atoms with E-state index in [9.17, 15) is 27.6 Å². The lowest BCUT2D eigenvalue weighted by atomic mass is 9.75. The molecule has 8 atom stereocenters. The van der Waals surface area contributed by atoms with Crippen LogP contribution < -0.4 is 14.2 Å². The number of ketones is 1. The molecule has 1 N–H and O–H groups in total. The van der Waals surface area contributed by atoms with Crippen molar-refractivity contribution in [1.82, 2.24) is 14.6 Å². The van der Waals surface area contributed by atoms with Crippen LogP contribution in [0.15, 0.2) is 43.1 Å². The molecule has 1 aromatic carbocycles. The van der Waals surface area contributed by atoms with Crippen LogP contribution in [0.1, 0.15) is 99.3 Å². The number of ether oxygens (including phenoxy) is 3. The van der Waals surface area contributed by atoms with Crippen LogP contribution in [0.3, 0.4) is 0 Å². The van der Waals surface area contributed by atoms with Crippen LogP contribution in [-0.4, -0.2) is 79.0 Å². The third-order valence-electron chi connectivity index (χ3n) is 12.6. The third-order valence-corrected chi connectivity index (χ3v) is 14.5. The minimum Gasteiger partial charge on any atom is -0.497 e. The van der Waals surface area contributed by atoms with Crippen LogP contribution in [-0.2, 0) is 33.9 Å². The molecule has 1 aliphatic heterocycles. The lowest BCUT2D eigenvalue weighted by Crippen LogP contribution is -2.49. The predicted molar refractivity (Wildman–Crippen MR) is 212 cm³/mol. The molecule has 3 saturated carbocycles. The first-order valence-electron chi connectivity index (χ1n) is 20.2. The molecule has 0 radical (unpaired) electrons. The summed E-state index contributed by atoms with van der Waals surface area (Å²) in [5, 5.41) is 0.959. The van der Waals surface area contributed by atoms with E-state index in [0.29, 0.717) is 36.3 Å². The summed E-state index contributed by atoms with van der Waals surface area (Å²) >= 11 is 0. The number of hydrogen-bond donors (Lipinski definition) is 1. The van der Waals surface area contributed by atoms with Crippen LogP contribution in [0.25, 0.3) is 10.8 Å². The van der Waals surface area contributed by atoms with E-state index in [0.717, 1.165) is 30.0 Å². The van der Waals surface area contributed by atoms with Gasteiger partial charge in [0.25, 0.3) is 0 Å². The maximum atomic E-state index is 14.9. The summed E-state index contributed by atoms with van der Waals surface area (Å²) in [5.41, 5.74) is -1.97. The molecule has 3 aliphatic carbocycles. The van der Waals surface area contributed by atoms with Gasteiger partial charge in [-0.2, -0.15) is 0 Å². The number of methoxy groups -OCH3 is 1. The number of carbonyl (C=O) groups is 4. The Morgan fingerprint density at radius 3 is 2.45 bits per heavy atom. The van der Waals surface area contributed by atoms with E-state index in [4.69, 9.17) is 14.2 Å². The van der Waals surface area contributed by atoms with E-state index in [-0.39, 0.29) is 55.9 Å². The molecule has 2 amide bonds. The number of likely N-dealkylation sites (tertiary alicyclic amines) is 1.